The van der Waals surface area contributed by atoms with Crippen molar-refractivity contribution in [1.29, 1.82) is 0 Å². The van der Waals surface area contributed by atoms with Crippen LogP contribution in [0.2, 0.25) is 0 Å². The highest BCUT2D eigenvalue weighted by Crippen LogP contribution is 2.48. The van der Waals surface area contributed by atoms with Crippen LogP contribution in [0.1, 0.15) is 43.2 Å². The van der Waals surface area contributed by atoms with E-state index in [-0.39, 0.29) is 12.1 Å². The molecule has 6 heteroatoms. The van der Waals surface area contributed by atoms with Gasteiger partial charge >= 0.3 is 6.18 Å². The molecule has 0 radical (unpaired) electrons. The second-order valence-electron chi connectivity index (χ2n) is 5.43. The third kappa shape index (κ3) is 2.57. The fraction of sp³-hybridized carbons (Fsp3) is 0.571. The summed E-state index contributed by atoms with van der Waals surface area (Å²) in [6.45, 7) is 0.154. The molecule has 112 valence electrons. The molecule has 1 saturated carbocycles. The molecule has 0 spiro atoms. The van der Waals surface area contributed by atoms with Gasteiger partial charge in [-0.3, -0.25) is 0 Å². The molecule has 0 amide bonds. The lowest BCUT2D eigenvalue weighted by Crippen LogP contribution is -2.37. The van der Waals surface area contributed by atoms with Gasteiger partial charge in [0.05, 0.1) is 0 Å². The van der Waals surface area contributed by atoms with Gasteiger partial charge in [0.25, 0.3) is 0 Å². The summed E-state index contributed by atoms with van der Waals surface area (Å²) in [6.07, 6.45) is -0.744. The van der Waals surface area contributed by atoms with Crippen LogP contribution in [0.3, 0.4) is 0 Å². The van der Waals surface area contributed by atoms with Gasteiger partial charge in [-0.05, 0) is 25.0 Å². The smallest absolute Gasteiger partial charge is 0.420 e. The summed E-state index contributed by atoms with van der Waals surface area (Å²) in [5.41, 5.74) is 4.01. The Morgan fingerprint density at radius 1 is 1.10 bits per heavy atom. The minimum Gasteiger partial charge on any atom is -0.508 e. The van der Waals surface area contributed by atoms with E-state index in [1.807, 2.05) is 0 Å². The largest absolute Gasteiger partial charge is 0.508 e. The monoisotopic (exact) mass is 289 g/mol. The van der Waals surface area contributed by atoms with Crippen LogP contribution in [0.5, 0.6) is 11.5 Å². The molecule has 1 aliphatic carbocycles. The molecule has 20 heavy (non-hydrogen) atoms. The predicted molar refractivity (Wildman–Crippen MR) is 68.6 cm³/mol. The Labute approximate surface area is 115 Å². The average Bonchev–Trinajstić information content (AvgIpc) is 2.40. The molecule has 3 nitrogen and oxygen atoms in total. The van der Waals surface area contributed by atoms with Crippen LogP contribution in [-0.4, -0.2) is 16.8 Å². The molecule has 0 aromatic heterocycles. The highest BCUT2D eigenvalue weighted by molar-refractivity contribution is 5.51. The van der Waals surface area contributed by atoms with Gasteiger partial charge in [-0.15, -0.1) is 0 Å². The first kappa shape index (κ1) is 15.0. The third-order valence-electron chi connectivity index (χ3n) is 4.17. The molecule has 0 aliphatic heterocycles. The number of alkyl halides is 3. The van der Waals surface area contributed by atoms with Gasteiger partial charge in [0.15, 0.2) is 0 Å². The summed E-state index contributed by atoms with van der Waals surface area (Å²) in [4.78, 5) is 0. The van der Waals surface area contributed by atoms with Gasteiger partial charge in [-0.2, -0.15) is 13.2 Å². The Morgan fingerprint density at radius 3 is 2.20 bits per heavy atom. The van der Waals surface area contributed by atoms with Crippen molar-refractivity contribution in [2.45, 2.75) is 43.7 Å². The first-order valence-corrected chi connectivity index (χ1v) is 6.64. The molecule has 1 aromatic carbocycles. The average molecular weight is 289 g/mol. The topological polar surface area (TPSA) is 66.5 Å². The highest BCUT2D eigenvalue weighted by atomic mass is 19.4. The van der Waals surface area contributed by atoms with Crippen LogP contribution in [0.25, 0.3) is 0 Å². The maximum atomic E-state index is 12.9. The van der Waals surface area contributed by atoms with E-state index in [4.69, 9.17) is 5.73 Å². The molecule has 0 heterocycles. The van der Waals surface area contributed by atoms with E-state index < -0.39 is 28.7 Å². The van der Waals surface area contributed by atoms with Crippen LogP contribution in [0, 0.1) is 0 Å². The van der Waals surface area contributed by atoms with Crippen LogP contribution < -0.4 is 5.73 Å². The fourth-order valence-corrected chi connectivity index (χ4v) is 3.05. The van der Waals surface area contributed by atoms with Gasteiger partial charge in [0.2, 0.25) is 0 Å². The Balaban J connectivity index is 2.58. The second kappa shape index (κ2) is 5.16. The maximum absolute atomic E-state index is 12.9. The molecular formula is C14H18F3NO2. The Morgan fingerprint density at radius 2 is 1.70 bits per heavy atom. The predicted octanol–water partition coefficient (Wildman–Crippen LogP) is 3.28. The van der Waals surface area contributed by atoms with Crippen molar-refractivity contribution in [2.24, 2.45) is 5.73 Å². The third-order valence-corrected chi connectivity index (χ3v) is 4.17. The van der Waals surface area contributed by atoms with E-state index in [9.17, 15) is 23.4 Å². The van der Waals surface area contributed by atoms with Crippen molar-refractivity contribution in [3.8, 4) is 11.5 Å². The van der Waals surface area contributed by atoms with Crippen LogP contribution in [-0.2, 0) is 11.6 Å². The van der Waals surface area contributed by atoms with Gasteiger partial charge in [-0.1, -0.05) is 19.3 Å². The Bertz CT molecular complexity index is 494. The number of hydrogen-bond acceptors (Lipinski definition) is 3. The summed E-state index contributed by atoms with van der Waals surface area (Å²) in [5, 5.41) is 19.6. The first-order chi connectivity index (χ1) is 9.30. The number of hydrogen-bond donors (Lipinski definition) is 3. The lowest BCUT2D eigenvalue weighted by Gasteiger charge is -2.37. The van der Waals surface area contributed by atoms with Gasteiger partial charge in [0, 0.05) is 17.5 Å². The Kier molecular flexibility index (Phi) is 3.86. The molecule has 4 N–H and O–H groups in total. The van der Waals surface area contributed by atoms with Gasteiger partial charge in [-0.25, -0.2) is 0 Å². The summed E-state index contributed by atoms with van der Waals surface area (Å²) in [7, 11) is 0. The van der Waals surface area contributed by atoms with Crippen molar-refractivity contribution in [3.05, 3.63) is 23.3 Å². The maximum Gasteiger partial charge on any atom is 0.420 e. The minimum absolute atomic E-state index is 0.118. The van der Waals surface area contributed by atoms with Crippen molar-refractivity contribution in [2.75, 3.05) is 6.54 Å². The van der Waals surface area contributed by atoms with Crippen LogP contribution in [0.15, 0.2) is 12.1 Å². The minimum atomic E-state index is -4.71. The van der Waals surface area contributed by atoms with Crippen molar-refractivity contribution in [3.63, 3.8) is 0 Å². The number of phenolic OH excluding ortho intramolecular Hbond substituents is 2. The van der Waals surface area contributed by atoms with E-state index in [0.29, 0.717) is 18.9 Å². The number of phenols is 2. The van der Waals surface area contributed by atoms with Crippen molar-refractivity contribution < 1.29 is 23.4 Å². The second-order valence-corrected chi connectivity index (χ2v) is 5.43. The van der Waals surface area contributed by atoms with E-state index in [0.717, 1.165) is 19.3 Å². The molecule has 1 aliphatic rings. The highest BCUT2D eigenvalue weighted by Gasteiger charge is 2.41. The summed E-state index contributed by atoms with van der Waals surface area (Å²) in [5.74, 6) is -1.30. The number of halogens is 3. The van der Waals surface area contributed by atoms with Crippen LogP contribution in [0.4, 0.5) is 13.2 Å². The molecule has 2 rings (SSSR count). The number of nitrogens with two attached hydrogens (primary N) is 1. The standard InChI is InChI=1S/C14H18F3NO2/c15-14(16,17)11-7-9(19)6-10(12(11)20)13(8-18)4-2-1-3-5-13/h6-7,19-20H,1-5,8,18H2. The van der Waals surface area contributed by atoms with E-state index in [2.05, 4.69) is 0 Å². The number of rotatable bonds is 2. The molecule has 0 unspecified atom stereocenters. The van der Waals surface area contributed by atoms with Gasteiger partial charge in [0.1, 0.15) is 17.1 Å². The zero-order valence-electron chi connectivity index (χ0n) is 11.0. The van der Waals surface area contributed by atoms with Crippen molar-refractivity contribution >= 4 is 0 Å². The normalized spacial score (nSPS) is 19.0. The van der Waals surface area contributed by atoms with E-state index in [1.54, 1.807) is 0 Å². The van der Waals surface area contributed by atoms with Crippen LogP contribution >= 0.6 is 0 Å². The summed E-state index contributed by atoms with van der Waals surface area (Å²) >= 11 is 0. The van der Waals surface area contributed by atoms with E-state index in [1.165, 1.54) is 6.07 Å². The number of aromatic hydroxyl groups is 2. The SMILES string of the molecule is NCC1(c2cc(O)cc(C(F)(F)F)c2O)CCCCC1. The lowest BCUT2D eigenvalue weighted by atomic mass is 9.69. The molecule has 0 bridgehead atoms. The first-order valence-electron chi connectivity index (χ1n) is 6.64. The zero-order valence-corrected chi connectivity index (χ0v) is 11.0. The molecule has 1 aromatic rings. The summed E-state index contributed by atoms with van der Waals surface area (Å²) in [6, 6.07) is 1.76. The number of benzene rings is 1. The molecule has 1 fully saturated rings. The summed E-state index contributed by atoms with van der Waals surface area (Å²) < 4.78 is 38.7. The quantitative estimate of drug-likeness (QED) is 0.732. The molecule has 0 atom stereocenters. The van der Waals surface area contributed by atoms with Crippen molar-refractivity contribution in [1.82, 2.24) is 0 Å². The Hall–Kier alpha value is -1.43. The lowest BCUT2D eigenvalue weighted by molar-refractivity contribution is -0.139. The molecular weight excluding hydrogens is 271 g/mol. The molecule has 0 saturated heterocycles. The van der Waals surface area contributed by atoms with Gasteiger partial charge < -0.3 is 15.9 Å². The van der Waals surface area contributed by atoms with E-state index >= 15 is 0 Å². The fourth-order valence-electron chi connectivity index (χ4n) is 3.05. The zero-order chi connectivity index (χ0) is 15.0.